The van der Waals surface area contributed by atoms with Crippen LogP contribution < -0.4 is 5.09 Å². The van der Waals surface area contributed by atoms with Gasteiger partial charge in [-0.05, 0) is 26.4 Å². The minimum atomic E-state index is -1.51. The monoisotopic (exact) mass is 235 g/mol. The molecule has 0 aromatic rings. The second-order valence-electron chi connectivity index (χ2n) is 6.28. The number of rotatable bonds is 2. The van der Waals surface area contributed by atoms with Gasteiger partial charge in [0.1, 0.15) is 0 Å². The second-order valence-corrected chi connectivity index (χ2v) is 11.9. The van der Waals surface area contributed by atoms with Crippen molar-refractivity contribution in [3.05, 3.63) is 0 Å². The van der Waals surface area contributed by atoms with E-state index < -0.39 is 6.19 Å². The molecule has 1 atom stereocenters. The van der Waals surface area contributed by atoms with Crippen molar-refractivity contribution in [2.45, 2.75) is 71.7 Å². The fraction of sp³-hybridized carbons (Fsp3) is 1.00. The molecular weight excluding hydrogens is 209 g/mol. The third kappa shape index (κ3) is 3.64. The minimum absolute atomic E-state index is 0.118. The van der Waals surface area contributed by atoms with Gasteiger partial charge in [-0.15, -0.1) is 0 Å². The molecule has 0 aromatic heterocycles. The standard InChI is InChI=1S/C11H26NPS/c1-9(2)13(14,11(6,7)8)12-10(3,4)5/h9H,1-8H3,(H,12,14)/t13-/m0/s1. The molecule has 0 heterocycles. The molecule has 0 unspecified atom stereocenters. The van der Waals surface area contributed by atoms with Gasteiger partial charge in [-0.3, -0.25) is 5.09 Å². The van der Waals surface area contributed by atoms with Crippen LogP contribution in [0.1, 0.15) is 55.4 Å². The van der Waals surface area contributed by atoms with Crippen LogP contribution in [0, 0.1) is 0 Å². The SMILES string of the molecule is CC(C)[P@@](=S)(NC(C)(C)C)C(C)(C)C. The van der Waals surface area contributed by atoms with E-state index in [1.165, 1.54) is 0 Å². The lowest BCUT2D eigenvalue weighted by molar-refractivity contribution is 0.516. The quantitative estimate of drug-likeness (QED) is 0.727. The van der Waals surface area contributed by atoms with Crippen molar-refractivity contribution in [3.8, 4) is 0 Å². The maximum Gasteiger partial charge on any atom is 0.0204 e. The van der Waals surface area contributed by atoms with Crippen LogP contribution in [0.4, 0.5) is 0 Å². The Hall–Kier alpha value is 0.610. The molecule has 0 aromatic carbocycles. The average molecular weight is 235 g/mol. The summed E-state index contributed by atoms with van der Waals surface area (Å²) < 4.78 is 0. The van der Waals surface area contributed by atoms with Crippen molar-refractivity contribution >= 4 is 18.0 Å². The summed E-state index contributed by atoms with van der Waals surface area (Å²) in [6, 6.07) is 0. The molecule has 0 saturated carbocycles. The minimum Gasteiger partial charge on any atom is -0.283 e. The molecule has 0 aliphatic rings. The van der Waals surface area contributed by atoms with Crippen molar-refractivity contribution in [3.63, 3.8) is 0 Å². The first-order chi connectivity index (χ1) is 5.90. The Kier molecular flexibility index (Phi) is 4.42. The van der Waals surface area contributed by atoms with Crippen LogP contribution in [0.2, 0.25) is 0 Å². The predicted octanol–water partition coefficient (Wildman–Crippen LogP) is 3.98. The van der Waals surface area contributed by atoms with Crippen LogP contribution in [0.3, 0.4) is 0 Å². The lowest BCUT2D eigenvalue weighted by Crippen LogP contribution is -2.41. The Morgan fingerprint density at radius 1 is 1.00 bits per heavy atom. The first kappa shape index (κ1) is 14.6. The Labute approximate surface area is 95.1 Å². The second kappa shape index (κ2) is 4.23. The average Bonchev–Trinajstić information content (AvgIpc) is 1.79. The first-order valence-electron chi connectivity index (χ1n) is 5.29. The van der Waals surface area contributed by atoms with Crippen LogP contribution >= 0.6 is 6.19 Å². The third-order valence-corrected chi connectivity index (χ3v) is 9.86. The summed E-state index contributed by atoms with van der Waals surface area (Å²) in [6.45, 7) is 17.8. The highest BCUT2D eigenvalue weighted by atomic mass is 32.4. The van der Waals surface area contributed by atoms with E-state index in [1.807, 2.05) is 0 Å². The van der Waals surface area contributed by atoms with E-state index in [2.05, 4.69) is 60.5 Å². The summed E-state index contributed by atoms with van der Waals surface area (Å²) in [4.78, 5) is 0. The summed E-state index contributed by atoms with van der Waals surface area (Å²) in [5.41, 5.74) is 0.671. The van der Waals surface area contributed by atoms with Gasteiger partial charge >= 0.3 is 0 Å². The van der Waals surface area contributed by atoms with Gasteiger partial charge in [0.25, 0.3) is 0 Å². The molecule has 0 radical (unpaired) electrons. The summed E-state index contributed by atoms with van der Waals surface area (Å²) in [6.07, 6.45) is -1.51. The first-order valence-corrected chi connectivity index (χ1v) is 8.16. The van der Waals surface area contributed by atoms with Crippen molar-refractivity contribution in [1.29, 1.82) is 0 Å². The van der Waals surface area contributed by atoms with Crippen molar-refractivity contribution in [2.75, 3.05) is 0 Å². The summed E-state index contributed by atoms with van der Waals surface area (Å²) in [5, 5.41) is 3.90. The smallest absolute Gasteiger partial charge is 0.0204 e. The Morgan fingerprint density at radius 3 is 1.43 bits per heavy atom. The van der Waals surface area contributed by atoms with E-state index in [4.69, 9.17) is 11.8 Å². The zero-order valence-electron chi connectivity index (χ0n) is 10.9. The lowest BCUT2D eigenvalue weighted by Gasteiger charge is -2.43. The van der Waals surface area contributed by atoms with Gasteiger partial charge in [0.15, 0.2) is 0 Å². The number of hydrogen-bond donors (Lipinski definition) is 1. The van der Waals surface area contributed by atoms with E-state index in [9.17, 15) is 0 Å². The van der Waals surface area contributed by atoms with Gasteiger partial charge in [-0.2, -0.15) is 0 Å². The molecule has 1 nitrogen and oxygen atoms in total. The molecule has 3 heteroatoms. The number of hydrogen-bond acceptors (Lipinski definition) is 1. The van der Waals surface area contributed by atoms with E-state index in [0.29, 0.717) is 5.66 Å². The van der Waals surface area contributed by atoms with Gasteiger partial charge in [-0.1, -0.05) is 46.4 Å². The number of nitrogens with one attached hydrogen (secondary N) is 1. The van der Waals surface area contributed by atoms with Gasteiger partial charge in [0, 0.05) is 16.9 Å². The fourth-order valence-corrected chi connectivity index (χ4v) is 5.53. The maximum atomic E-state index is 5.91. The van der Waals surface area contributed by atoms with Gasteiger partial charge in [0.2, 0.25) is 0 Å². The Morgan fingerprint density at radius 2 is 1.36 bits per heavy atom. The molecular formula is C11H26NPS. The zero-order valence-corrected chi connectivity index (χ0v) is 12.6. The molecule has 0 saturated heterocycles. The molecule has 0 aliphatic carbocycles. The Balaban J connectivity index is 5.06. The summed E-state index contributed by atoms with van der Waals surface area (Å²) >= 11 is 5.91. The maximum absolute atomic E-state index is 5.91. The summed E-state index contributed by atoms with van der Waals surface area (Å²) in [7, 11) is 0. The van der Waals surface area contributed by atoms with Gasteiger partial charge < -0.3 is 0 Å². The van der Waals surface area contributed by atoms with Crippen LogP contribution in [0.5, 0.6) is 0 Å². The van der Waals surface area contributed by atoms with Gasteiger partial charge in [0.05, 0.1) is 0 Å². The fourth-order valence-electron chi connectivity index (χ4n) is 1.57. The topological polar surface area (TPSA) is 12.0 Å². The summed E-state index contributed by atoms with van der Waals surface area (Å²) in [5.74, 6) is 0. The zero-order chi connectivity index (χ0) is 11.8. The van der Waals surface area contributed by atoms with E-state index >= 15 is 0 Å². The van der Waals surface area contributed by atoms with Gasteiger partial charge in [-0.25, -0.2) is 0 Å². The van der Waals surface area contributed by atoms with Crippen LogP contribution in [-0.2, 0) is 11.8 Å². The van der Waals surface area contributed by atoms with Crippen LogP contribution in [0.15, 0.2) is 0 Å². The largest absolute Gasteiger partial charge is 0.283 e. The van der Waals surface area contributed by atoms with Crippen molar-refractivity contribution in [1.82, 2.24) is 5.09 Å². The normalized spacial score (nSPS) is 18.4. The van der Waals surface area contributed by atoms with Crippen LogP contribution in [0.25, 0.3) is 0 Å². The molecule has 0 aliphatic heterocycles. The molecule has 0 amide bonds. The van der Waals surface area contributed by atoms with E-state index in [0.717, 1.165) is 0 Å². The highest BCUT2D eigenvalue weighted by molar-refractivity contribution is 8.14. The third-order valence-electron chi connectivity index (χ3n) is 2.23. The molecule has 0 bridgehead atoms. The molecule has 0 rings (SSSR count). The highest BCUT2D eigenvalue weighted by Gasteiger charge is 2.36. The molecule has 0 fully saturated rings. The molecule has 14 heavy (non-hydrogen) atoms. The molecule has 86 valence electrons. The molecule has 1 N–H and O–H groups in total. The van der Waals surface area contributed by atoms with E-state index in [1.54, 1.807) is 0 Å². The predicted molar refractivity (Wildman–Crippen MR) is 72.1 cm³/mol. The van der Waals surface area contributed by atoms with Crippen molar-refractivity contribution in [2.24, 2.45) is 0 Å². The lowest BCUT2D eigenvalue weighted by atomic mass is 10.1. The van der Waals surface area contributed by atoms with Crippen LogP contribution in [-0.4, -0.2) is 16.4 Å². The Bertz CT molecular complexity index is 233. The highest BCUT2D eigenvalue weighted by Crippen LogP contribution is 2.59. The van der Waals surface area contributed by atoms with E-state index in [-0.39, 0.29) is 10.7 Å². The molecule has 0 spiro atoms. The van der Waals surface area contributed by atoms with Crippen molar-refractivity contribution < 1.29 is 0 Å².